The second-order valence-corrected chi connectivity index (χ2v) is 7.84. The number of hydrogen-bond donors (Lipinski definition) is 1. The van der Waals surface area contributed by atoms with E-state index in [9.17, 15) is 8.42 Å². The Balaban J connectivity index is 2.17. The van der Waals surface area contributed by atoms with E-state index in [-0.39, 0.29) is 12.1 Å². The molecule has 1 aliphatic rings. The van der Waals surface area contributed by atoms with Crippen molar-refractivity contribution in [2.75, 3.05) is 32.4 Å². The largest absolute Gasteiger partial charge is 0.326 e. The Bertz CT molecular complexity index is 578. The average Bonchev–Trinajstić information content (AvgIpc) is 2.40. The molecular formula is C15H25N3O2S. The molecule has 1 aliphatic heterocycles. The van der Waals surface area contributed by atoms with Gasteiger partial charge in [0.15, 0.2) is 0 Å². The summed E-state index contributed by atoms with van der Waals surface area (Å²) in [6, 6.07) is 8.40. The molecule has 2 rings (SSSR count). The first kappa shape index (κ1) is 16.4. The molecule has 1 heterocycles. The third-order valence-electron chi connectivity index (χ3n) is 4.14. The predicted molar refractivity (Wildman–Crippen MR) is 85.6 cm³/mol. The zero-order chi connectivity index (χ0) is 15.6. The lowest BCUT2D eigenvalue weighted by Gasteiger charge is -2.40. The molecule has 0 aliphatic carbocycles. The summed E-state index contributed by atoms with van der Waals surface area (Å²) in [5.41, 5.74) is 8.68. The lowest BCUT2D eigenvalue weighted by molar-refractivity contribution is 0.123. The molecule has 0 aromatic heterocycles. The van der Waals surface area contributed by atoms with Crippen LogP contribution in [0.5, 0.6) is 0 Å². The van der Waals surface area contributed by atoms with Crippen LogP contribution in [0.1, 0.15) is 24.1 Å². The van der Waals surface area contributed by atoms with Gasteiger partial charge in [-0.05, 0) is 25.0 Å². The Morgan fingerprint density at radius 1 is 1.14 bits per heavy atom. The topological polar surface area (TPSA) is 66.6 Å². The molecule has 5 nitrogen and oxygen atoms in total. The van der Waals surface area contributed by atoms with E-state index in [0.717, 1.165) is 0 Å². The standard InChI is InChI=1S/C15H25N3O2S/c1-12-6-4-5-7-14(12)15(13(2)16)17-8-10-18(11-9-17)21(3,19)20/h4-7,13,15H,8-11,16H2,1-3H3. The third kappa shape index (κ3) is 3.83. The van der Waals surface area contributed by atoms with Crippen LogP contribution < -0.4 is 5.73 Å². The molecule has 0 spiro atoms. The highest BCUT2D eigenvalue weighted by molar-refractivity contribution is 7.88. The minimum Gasteiger partial charge on any atom is -0.326 e. The van der Waals surface area contributed by atoms with E-state index in [2.05, 4.69) is 24.0 Å². The summed E-state index contributed by atoms with van der Waals surface area (Å²) in [6.45, 7) is 6.61. The first-order valence-electron chi connectivity index (χ1n) is 7.31. The molecule has 0 radical (unpaired) electrons. The summed E-state index contributed by atoms with van der Waals surface area (Å²) in [7, 11) is -3.09. The third-order valence-corrected chi connectivity index (χ3v) is 5.44. The minimum atomic E-state index is -3.09. The van der Waals surface area contributed by atoms with Crippen LogP contribution >= 0.6 is 0 Å². The second-order valence-electron chi connectivity index (χ2n) is 5.86. The summed E-state index contributed by atoms with van der Waals surface area (Å²) >= 11 is 0. The van der Waals surface area contributed by atoms with Crippen molar-refractivity contribution in [3.8, 4) is 0 Å². The van der Waals surface area contributed by atoms with Gasteiger partial charge in [0.05, 0.1) is 6.26 Å². The van der Waals surface area contributed by atoms with Crippen molar-refractivity contribution in [2.45, 2.75) is 25.9 Å². The number of benzene rings is 1. The number of hydrogen-bond acceptors (Lipinski definition) is 4. The quantitative estimate of drug-likeness (QED) is 0.899. The minimum absolute atomic E-state index is 0.00381. The van der Waals surface area contributed by atoms with Crippen LogP contribution in [0.15, 0.2) is 24.3 Å². The van der Waals surface area contributed by atoms with Crippen molar-refractivity contribution in [2.24, 2.45) is 5.73 Å². The summed E-state index contributed by atoms with van der Waals surface area (Å²) in [6.07, 6.45) is 1.27. The van der Waals surface area contributed by atoms with Gasteiger partial charge in [-0.25, -0.2) is 8.42 Å². The highest BCUT2D eigenvalue weighted by Gasteiger charge is 2.30. The number of aryl methyl sites for hydroxylation is 1. The van der Waals surface area contributed by atoms with Crippen LogP contribution in [-0.2, 0) is 10.0 Å². The van der Waals surface area contributed by atoms with Gasteiger partial charge in [-0.2, -0.15) is 4.31 Å². The van der Waals surface area contributed by atoms with E-state index in [1.807, 2.05) is 19.1 Å². The van der Waals surface area contributed by atoms with E-state index in [1.54, 1.807) is 4.31 Å². The molecule has 1 fully saturated rings. The van der Waals surface area contributed by atoms with E-state index in [4.69, 9.17) is 5.73 Å². The molecule has 1 aromatic carbocycles. The zero-order valence-corrected chi connectivity index (χ0v) is 13.8. The Morgan fingerprint density at radius 2 is 1.71 bits per heavy atom. The Labute approximate surface area is 127 Å². The van der Waals surface area contributed by atoms with Crippen LogP contribution in [-0.4, -0.2) is 56.1 Å². The van der Waals surface area contributed by atoms with Gasteiger partial charge in [-0.1, -0.05) is 24.3 Å². The maximum atomic E-state index is 11.6. The molecule has 1 saturated heterocycles. The van der Waals surface area contributed by atoms with Gasteiger partial charge in [0.25, 0.3) is 0 Å². The first-order valence-corrected chi connectivity index (χ1v) is 9.16. The van der Waals surface area contributed by atoms with Gasteiger partial charge in [0.2, 0.25) is 10.0 Å². The van der Waals surface area contributed by atoms with Crippen LogP contribution in [0.25, 0.3) is 0 Å². The van der Waals surface area contributed by atoms with Gasteiger partial charge in [-0.15, -0.1) is 0 Å². The molecule has 2 N–H and O–H groups in total. The van der Waals surface area contributed by atoms with Crippen molar-refractivity contribution in [1.82, 2.24) is 9.21 Å². The van der Waals surface area contributed by atoms with Crippen molar-refractivity contribution < 1.29 is 8.42 Å². The molecule has 21 heavy (non-hydrogen) atoms. The van der Waals surface area contributed by atoms with Crippen LogP contribution in [0.2, 0.25) is 0 Å². The van der Waals surface area contributed by atoms with E-state index >= 15 is 0 Å². The molecule has 6 heteroatoms. The zero-order valence-electron chi connectivity index (χ0n) is 13.0. The molecule has 0 amide bonds. The average molecular weight is 311 g/mol. The van der Waals surface area contributed by atoms with Crippen molar-refractivity contribution >= 4 is 10.0 Å². The summed E-state index contributed by atoms with van der Waals surface area (Å²) < 4.78 is 24.7. The van der Waals surface area contributed by atoms with Crippen LogP contribution in [0, 0.1) is 6.92 Å². The molecule has 2 atom stereocenters. The van der Waals surface area contributed by atoms with Crippen molar-refractivity contribution in [3.63, 3.8) is 0 Å². The summed E-state index contributed by atoms with van der Waals surface area (Å²) in [5.74, 6) is 0. The van der Waals surface area contributed by atoms with Crippen molar-refractivity contribution in [3.05, 3.63) is 35.4 Å². The van der Waals surface area contributed by atoms with E-state index < -0.39 is 10.0 Å². The Hall–Kier alpha value is -0.950. The fourth-order valence-corrected chi connectivity index (χ4v) is 3.87. The summed E-state index contributed by atoms with van der Waals surface area (Å²) in [5, 5.41) is 0. The lowest BCUT2D eigenvalue weighted by Crippen LogP contribution is -2.52. The molecule has 118 valence electrons. The fraction of sp³-hybridized carbons (Fsp3) is 0.600. The normalized spacial score (nSPS) is 21.1. The number of nitrogens with two attached hydrogens (primary N) is 1. The predicted octanol–water partition coefficient (Wildman–Crippen LogP) is 0.961. The number of nitrogens with zero attached hydrogens (tertiary/aromatic N) is 2. The monoisotopic (exact) mass is 311 g/mol. The number of piperazine rings is 1. The van der Waals surface area contributed by atoms with Gasteiger partial charge < -0.3 is 5.73 Å². The highest BCUT2D eigenvalue weighted by Crippen LogP contribution is 2.27. The van der Waals surface area contributed by atoms with Gasteiger partial charge in [-0.3, -0.25) is 4.90 Å². The van der Waals surface area contributed by atoms with Crippen LogP contribution in [0.4, 0.5) is 0 Å². The molecule has 0 saturated carbocycles. The van der Waals surface area contributed by atoms with Gasteiger partial charge >= 0.3 is 0 Å². The SMILES string of the molecule is Cc1ccccc1C(C(C)N)N1CCN(S(C)(=O)=O)CC1. The second kappa shape index (κ2) is 6.44. The molecule has 1 aromatic rings. The van der Waals surface area contributed by atoms with Gasteiger partial charge in [0, 0.05) is 38.3 Å². The van der Waals surface area contributed by atoms with Crippen molar-refractivity contribution in [1.29, 1.82) is 0 Å². The van der Waals surface area contributed by atoms with Crippen LogP contribution in [0.3, 0.4) is 0 Å². The number of sulfonamides is 1. The Kier molecular flexibility index (Phi) is 5.03. The van der Waals surface area contributed by atoms with Gasteiger partial charge in [0.1, 0.15) is 0 Å². The Morgan fingerprint density at radius 3 is 2.19 bits per heavy atom. The fourth-order valence-electron chi connectivity index (χ4n) is 3.04. The summed E-state index contributed by atoms with van der Waals surface area (Å²) in [4.78, 5) is 2.30. The molecule has 0 bridgehead atoms. The van der Waals surface area contributed by atoms with E-state index in [1.165, 1.54) is 17.4 Å². The van der Waals surface area contributed by atoms with E-state index in [0.29, 0.717) is 26.2 Å². The maximum absolute atomic E-state index is 11.6. The highest BCUT2D eigenvalue weighted by atomic mass is 32.2. The molecule has 2 unspecified atom stereocenters. The lowest BCUT2D eigenvalue weighted by atomic mass is 9.94. The number of rotatable bonds is 4. The molecular weight excluding hydrogens is 286 g/mol. The smallest absolute Gasteiger partial charge is 0.211 e. The maximum Gasteiger partial charge on any atom is 0.211 e. The first-order chi connectivity index (χ1) is 9.80.